The molecular formula is C41H43NO7. The molecule has 1 aromatic heterocycles. The number of para-hydroxylation sites is 1. The molecule has 8 nitrogen and oxygen atoms in total. The largest absolute Gasteiger partial charge is 0.490 e. The van der Waals surface area contributed by atoms with Crippen molar-refractivity contribution in [2.45, 2.75) is 53.2 Å². The highest BCUT2D eigenvalue weighted by atomic mass is 16.5. The van der Waals surface area contributed by atoms with Crippen LogP contribution < -0.4 is 4.74 Å². The van der Waals surface area contributed by atoms with Crippen LogP contribution in [0.3, 0.4) is 0 Å². The molecule has 0 N–H and O–H groups in total. The number of furan rings is 1. The maximum atomic E-state index is 14.5. The van der Waals surface area contributed by atoms with Crippen LogP contribution in [0, 0.1) is 0 Å². The number of benzene rings is 4. The van der Waals surface area contributed by atoms with Crippen molar-refractivity contribution in [1.82, 2.24) is 4.90 Å². The summed E-state index contributed by atoms with van der Waals surface area (Å²) in [4.78, 5) is 44.4. The predicted octanol–water partition coefficient (Wildman–Crippen LogP) is 8.44. The van der Waals surface area contributed by atoms with Crippen LogP contribution >= 0.6 is 0 Å². The molecule has 0 spiro atoms. The van der Waals surface area contributed by atoms with Crippen LogP contribution in [-0.4, -0.2) is 48.9 Å². The number of nitrogens with zero attached hydrogens (tertiary/aromatic N) is 1. The van der Waals surface area contributed by atoms with Gasteiger partial charge in [0, 0.05) is 23.9 Å². The second-order valence-electron chi connectivity index (χ2n) is 11.7. The lowest BCUT2D eigenvalue weighted by molar-refractivity contribution is 0.0460. The Morgan fingerprint density at radius 1 is 0.714 bits per heavy atom. The molecule has 0 radical (unpaired) electrons. The number of ether oxygens (including phenoxy) is 3. The Kier molecular flexibility index (Phi) is 12.4. The van der Waals surface area contributed by atoms with Gasteiger partial charge in [0.05, 0.1) is 5.56 Å². The fourth-order valence-electron chi connectivity index (χ4n) is 5.64. The lowest BCUT2D eigenvalue weighted by Crippen LogP contribution is -2.28. The zero-order valence-corrected chi connectivity index (χ0v) is 28.4. The van der Waals surface area contributed by atoms with Gasteiger partial charge in [-0.15, -0.1) is 0 Å². The van der Waals surface area contributed by atoms with E-state index in [0.717, 1.165) is 37.1 Å². The first-order valence-electron chi connectivity index (χ1n) is 16.9. The van der Waals surface area contributed by atoms with Crippen LogP contribution in [0.1, 0.15) is 87.1 Å². The highest BCUT2D eigenvalue weighted by molar-refractivity contribution is 6.18. The van der Waals surface area contributed by atoms with E-state index in [-0.39, 0.29) is 48.0 Å². The van der Waals surface area contributed by atoms with Crippen molar-refractivity contribution in [2.75, 3.05) is 26.2 Å². The molecule has 0 saturated heterocycles. The molecule has 0 bridgehead atoms. The van der Waals surface area contributed by atoms with Gasteiger partial charge in [-0.05, 0) is 48.8 Å². The van der Waals surface area contributed by atoms with Crippen molar-refractivity contribution < 1.29 is 33.0 Å². The standard InChI is InChI=1S/C41H43NO7/c1-4-7-21-36-37(32-20-14-15-22-35(32)49-36)38(43)31-25-33(40(44)47-27-29-16-10-8-11-17-29)39(46-24-23-42(5-2)6-3)34(26-31)41(45)48-28-30-18-12-9-13-19-30/h8-20,22,25-26H,4-7,21,23-24,27-28H2,1-3H3. The van der Waals surface area contributed by atoms with Gasteiger partial charge in [0.15, 0.2) is 5.78 Å². The lowest BCUT2D eigenvalue weighted by Gasteiger charge is -2.20. The van der Waals surface area contributed by atoms with Crippen LogP contribution in [-0.2, 0) is 29.1 Å². The first-order valence-corrected chi connectivity index (χ1v) is 16.9. The number of fused-ring (bicyclic) bond motifs is 1. The average Bonchev–Trinajstić information content (AvgIpc) is 3.52. The molecule has 4 aromatic carbocycles. The third-order valence-electron chi connectivity index (χ3n) is 8.42. The third-order valence-corrected chi connectivity index (χ3v) is 8.42. The minimum atomic E-state index is -0.725. The maximum Gasteiger partial charge on any atom is 0.342 e. The molecule has 8 heteroatoms. The highest BCUT2D eigenvalue weighted by Crippen LogP contribution is 2.33. The molecule has 0 unspecified atom stereocenters. The van der Waals surface area contributed by atoms with E-state index in [9.17, 15) is 14.4 Å². The molecule has 49 heavy (non-hydrogen) atoms. The summed E-state index contributed by atoms with van der Waals surface area (Å²) in [5.41, 5.74) is 2.65. The number of aryl methyl sites for hydroxylation is 1. The highest BCUT2D eigenvalue weighted by Gasteiger charge is 2.29. The predicted molar refractivity (Wildman–Crippen MR) is 189 cm³/mol. The van der Waals surface area contributed by atoms with Crippen molar-refractivity contribution in [3.8, 4) is 5.75 Å². The molecule has 0 saturated carbocycles. The molecule has 0 amide bonds. The normalized spacial score (nSPS) is 11.1. The summed E-state index contributed by atoms with van der Waals surface area (Å²) in [5.74, 6) is -1.24. The van der Waals surface area contributed by atoms with E-state index in [0.29, 0.717) is 35.3 Å². The summed E-state index contributed by atoms with van der Waals surface area (Å²) in [5, 5.41) is 0.666. The van der Waals surface area contributed by atoms with Gasteiger partial charge < -0.3 is 23.5 Å². The summed E-state index contributed by atoms with van der Waals surface area (Å²) < 4.78 is 23.9. The molecule has 0 aliphatic heterocycles. The second kappa shape index (κ2) is 17.3. The number of ketones is 1. The lowest BCUT2D eigenvalue weighted by atomic mass is 9.94. The number of rotatable bonds is 17. The van der Waals surface area contributed by atoms with E-state index in [1.807, 2.05) is 84.9 Å². The minimum absolute atomic E-state index is 0.00193. The van der Waals surface area contributed by atoms with Gasteiger partial charge in [0.2, 0.25) is 0 Å². The van der Waals surface area contributed by atoms with Gasteiger partial charge in [-0.25, -0.2) is 9.59 Å². The fourth-order valence-corrected chi connectivity index (χ4v) is 5.64. The summed E-state index contributed by atoms with van der Waals surface area (Å²) in [6, 6.07) is 28.9. The van der Waals surface area contributed by atoms with Gasteiger partial charge in [0.25, 0.3) is 0 Å². The summed E-state index contributed by atoms with van der Waals surface area (Å²) in [7, 11) is 0. The molecule has 5 aromatic rings. The Bertz CT molecular complexity index is 1780. The van der Waals surface area contributed by atoms with Crippen molar-refractivity contribution in [3.05, 3.63) is 136 Å². The van der Waals surface area contributed by atoms with Crippen LogP contribution in [0.5, 0.6) is 5.75 Å². The maximum absolute atomic E-state index is 14.5. The Labute approximate surface area is 287 Å². The summed E-state index contributed by atoms with van der Waals surface area (Å²) >= 11 is 0. The van der Waals surface area contributed by atoms with E-state index in [1.54, 1.807) is 0 Å². The topological polar surface area (TPSA) is 95.3 Å². The van der Waals surface area contributed by atoms with Crippen molar-refractivity contribution in [2.24, 2.45) is 0 Å². The first kappa shape index (κ1) is 35.1. The van der Waals surface area contributed by atoms with Crippen LogP contribution in [0.15, 0.2) is 101 Å². The van der Waals surface area contributed by atoms with Crippen molar-refractivity contribution in [1.29, 1.82) is 0 Å². The number of unbranched alkanes of at least 4 members (excludes halogenated alkanes) is 1. The number of likely N-dealkylation sites (N-methyl/N-ethyl adjacent to an activating group) is 1. The molecule has 5 rings (SSSR count). The molecule has 0 atom stereocenters. The molecule has 0 aliphatic carbocycles. The van der Waals surface area contributed by atoms with Gasteiger partial charge in [-0.2, -0.15) is 0 Å². The van der Waals surface area contributed by atoms with E-state index >= 15 is 0 Å². The van der Waals surface area contributed by atoms with Gasteiger partial charge in [-0.1, -0.05) is 106 Å². The molecule has 1 heterocycles. The average molecular weight is 662 g/mol. The van der Waals surface area contributed by atoms with Crippen LogP contribution in [0.25, 0.3) is 11.0 Å². The SMILES string of the molecule is CCCCc1oc2ccccc2c1C(=O)c1cc(C(=O)OCc2ccccc2)c(OCCN(CC)CC)c(C(=O)OCc2ccccc2)c1. The van der Waals surface area contributed by atoms with Crippen LogP contribution in [0.2, 0.25) is 0 Å². The Morgan fingerprint density at radius 2 is 1.27 bits per heavy atom. The van der Waals surface area contributed by atoms with E-state index in [1.165, 1.54) is 12.1 Å². The smallest absolute Gasteiger partial charge is 0.342 e. The first-order chi connectivity index (χ1) is 23.9. The van der Waals surface area contributed by atoms with E-state index in [2.05, 4.69) is 25.7 Å². The number of esters is 2. The summed E-state index contributed by atoms with van der Waals surface area (Å²) in [6.45, 7) is 8.55. The monoisotopic (exact) mass is 661 g/mol. The number of carbonyl (C=O) groups excluding carboxylic acids is 3. The zero-order valence-electron chi connectivity index (χ0n) is 28.4. The number of hydrogen-bond acceptors (Lipinski definition) is 8. The van der Waals surface area contributed by atoms with Crippen LogP contribution in [0.4, 0.5) is 0 Å². The quantitative estimate of drug-likeness (QED) is 0.0724. The van der Waals surface area contributed by atoms with E-state index in [4.69, 9.17) is 18.6 Å². The van der Waals surface area contributed by atoms with E-state index < -0.39 is 11.9 Å². The number of carbonyl (C=O) groups is 3. The van der Waals surface area contributed by atoms with Gasteiger partial charge >= 0.3 is 11.9 Å². The number of hydrogen-bond donors (Lipinski definition) is 0. The fraction of sp³-hybridized carbons (Fsp3) is 0.293. The van der Waals surface area contributed by atoms with Crippen molar-refractivity contribution in [3.63, 3.8) is 0 Å². The zero-order chi connectivity index (χ0) is 34.6. The van der Waals surface area contributed by atoms with Crippen molar-refractivity contribution >= 4 is 28.7 Å². The Balaban J connectivity index is 1.60. The second-order valence-corrected chi connectivity index (χ2v) is 11.7. The minimum Gasteiger partial charge on any atom is -0.490 e. The molecule has 0 aliphatic rings. The Morgan fingerprint density at radius 3 is 1.82 bits per heavy atom. The van der Waals surface area contributed by atoms with Gasteiger partial charge in [0.1, 0.15) is 48.0 Å². The van der Waals surface area contributed by atoms with Gasteiger partial charge in [-0.3, -0.25) is 4.79 Å². The molecule has 0 fully saturated rings. The molecule has 254 valence electrons. The third kappa shape index (κ3) is 8.83. The molecular weight excluding hydrogens is 618 g/mol. The summed E-state index contributed by atoms with van der Waals surface area (Å²) in [6.07, 6.45) is 2.31. The Hall–Kier alpha value is -5.21.